The fraction of sp³-hybridized carbons (Fsp3) is 0.333. The van der Waals surface area contributed by atoms with Crippen molar-refractivity contribution < 1.29 is 22.7 Å². The molecular formula is C24H24F3N3O2. The highest BCUT2D eigenvalue weighted by atomic mass is 19.4. The largest absolute Gasteiger partial charge is 0.573 e. The summed E-state index contributed by atoms with van der Waals surface area (Å²) in [6.45, 7) is 0. The minimum Gasteiger partial charge on any atom is -0.406 e. The Morgan fingerprint density at radius 2 is 1.69 bits per heavy atom. The smallest absolute Gasteiger partial charge is 0.406 e. The van der Waals surface area contributed by atoms with Crippen LogP contribution < -0.4 is 4.74 Å². The summed E-state index contributed by atoms with van der Waals surface area (Å²) in [6, 6.07) is 13.2. The molecule has 0 aliphatic heterocycles. The van der Waals surface area contributed by atoms with E-state index in [0.29, 0.717) is 11.3 Å². The first-order chi connectivity index (χ1) is 15.3. The van der Waals surface area contributed by atoms with Crippen LogP contribution in [-0.2, 0) is 0 Å². The van der Waals surface area contributed by atoms with Crippen LogP contribution in [0.3, 0.4) is 0 Å². The number of alkyl halides is 3. The van der Waals surface area contributed by atoms with Gasteiger partial charge in [0, 0.05) is 24.8 Å². The van der Waals surface area contributed by atoms with Gasteiger partial charge in [0.2, 0.25) is 0 Å². The van der Waals surface area contributed by atoms with Gasteiger partial charge in [0.05, 0.1) is 5.69 Å². The average molecular weight is 443 g/mol. The number of carbonyl (C=O) groups is 1. The van der Waals surface area contributed by atoms with Crippen molar-refractivity contribution in [1.82, 2.24) is 14.5 Å². The summed E-state index contributed by atoms with van der Waals surface area (Å²) in [5.74, 6) is -0.277. The Balaban J connectivity index is 1.54. The van der Waals surface area contributed by atoms with Crippen LogP contribution in [0.4, 0.5) is 18.0 Å². The van der Waals surface area contributed by atoms with Gasteiger partial charge in [-0.15, -0.1) is 13.2 Å². The monoisotopic (exact) mass is 443 g/mol. The second-order valence-corrected chi connectivity index (χ2v) is 8.01. The molecule has 32 heavy (non-hydrogen) atoms. The number of benzene rings is 2. The molecule has 1 aliphatic rings. The van der Waals surface area contributed by atoms with E-state index < -0.39 is 6.36 Å². The third kappa shape index (κ3) is 5.12. The zero-order valence-electron chi connectivity index (χ0n) is 17.7. The molecule has 1 amide bonds. The first-order valence-electron chi connectivity index (χ1n) is 10.6. The zero-order valence-corrected chi connectivity index (χ0v) is 17.7. The van der Waals surface area contributed by atoms with E-state index in [4.69, 9.17) is 0 Å². The van der Waals surface area contributed by atoms with Gasteiger partial charge in [-0.2, -0.15) is 0 Å². The van der Waals surface area contributed by atoms with Gasteiger partial charge in [-0.05, 0) is 42.2 Å². The van der Waals surface area contributed by atoms with Gasteiger partial charge >= 0.3 is 12.4 Å². The van der Waals surface area contributed by atoms with Crippen LogP contribution in [0.2, 0.25) is 0 Å². The Labute approximate surface area is 184 Å². The molecule has 1 aliphatic carbocycles. The molecule has 0 bridgehead atoms. The second-order valence-electron chi connectivity index (χ2n) is 8.01. The van der Waals surface area contributed by atoms with E-state index in [0.717, 1.165) is 36.8 Å². The van der Waals surface area contributed by atoms with Crippen molar-refractivity contribution in [1.29, 1.82) is 0 Å². The Bertz CT molecular complexity index is 1090. The number of carbonyl (C=O) groups excluding carboxylic acids is 1. The van der Waals surface area contributed by atoms with Crippen molar-refractivity contribution >= 4 is 6.03 Å². The minimum atomic E-state index is -4.75. The Hall–Kier alpha value is -3.29. The highest BCUT2D eigenvalue weighted by Crippen LogP contribution is 2.30. The van der Waals surface area contributed by atoms with Crippen molar-refractivity contribution in [2.75, 3.05) is 7.05 Å². The first kappa shape index (κ1) is 21.9. The van der Waals surface area contributed by atoms with E-state index in [9.17, 15) is 18.0 Å². The summed E-state index contributed by atoms with van der Waals surface area (Å²) in [5, 5.41) is 0. The van der Waals surface area contributed by atoms with E-state index in [1.165, 1.54) is 35.5 Å². The van der Waals surface area contributed by atoms with Crippen molar-refractivity contribution in [2.24, 2.45) is 0 Å². The van der Waals surface area contributed by atoms with Crippen molar-refractivity contribution in [3.8, 4) is 28.1 Å². The summed E-state index contributed by atoms with van der Waals surface area (Å²) in [5.41, 5.74) is 2.67. The maximum Gasteiger partial charge on any atom is 0.573 e. The molecule has 1 heterocycles. The normalized spacial score (nSPS) is 14.9. The summed E-state index contributed by atoms with van der Waals surface area (Å²) >= 11 is 0. The lowest BCUT2D eigenvalue weighted by Crippen LogP contribution is -2.40. The number of amides is 1. The van der Waals surface area contributed by atoms with Gasteiger partial charge in [-0.3, -0.25) is 4.57 Å². The van der Waals surface area contributed by atoms with E-state index >= 15 is 0 Å². The predicted molar refractivity (Wildman–Crippen MR) is 115 cm³/mol. The maximum atomic E-state index is 12.9. The molecule has 3 aromatic rings. The lowest BCUT2D eigenvalue weighted by atomic mass is 9.95. The SMILES string of the molecule is CN(C(=O)n1cnc(-c2cccc(-c3cccc(OC(F)(F)F)c3)c2)c1)C1CCCCC1. The molecule has 0 unspecified atom stereocenters. The minimum absolute atomic E-state index is 0.121. The molecule has 4 rings (SSSR count). The van der Waals surface area contributed by atoms with Gasteiger partial charge in [-0.1, -0.05) is 49.6 Å². The second kappa shape index (κ2) is 9.06. The number of aromatic nitrogens is 2. The average Bonchev–Trinajstić information content (AvgIpc) is 3.28. The lowest BCUT2D eigenvalue weighted by Gasteiger charge is -2.31. The fourth-order valence-corrected chi connectivity index (χ4v) is 4.11. The van der Waals surface area contributed by atoms with Gasteiger partial charge in [0.1, 0.15) is 12.1 Å². The summed E-state index contributed by atoms with van der Waals surface area (Å²) in [4.78, 5) is 19.0. The van der Waals surface area contributed by atoms with E-state index in [1.54, 1.807) is 29.3 Å². The van der Waals surface area contributed by atoms with Crippen molar-refractivity contribution in [2.45, 2.75) is 44.5 Å². The highest BCUT2D eigenvalue weighted by Gasteiger charge is 2.31. The molecule has 2 aromatic carbocycles. The zero-order chi connectivity index (χ0) is 22.7. The molecule has 8 heteroatoms. The molecule has 1 saturated carbocycles. The summed E-state index contributed by atoms with van der Waals surface area (Å²) in [6.07, 6.45) is 3.97. The Kier molecular flexibility index (Phi) is 6.21. The molecule has 0 spiro atoms. The predicted octanol–water partition coefficient (Wildman–Crippen LogP) is 6.35. The molecule has 1 aromatic heterocycles. The van der Waals surface area contributed by atoms with E-state index in [1.807, 2.05) is 19.2 Å². The van der Waals surface area contributed by atoms with Crippen LogP contribution in [0, 0.1) is 0 Å². The van der Waals surface area contributed by atoms with Crippen LogP contribution in [0.15, 0.2) is 61.1 Å². The van der Waals surface area contributed by atoms with Crippen LogP contribution in [-0.4, -0.2) is 39.9 Å². The molecule has 1 fully saturated rings. The lowest BCUT2D eigenvalue weighted by molar-refractivity contribution is -0.274. The standard InChI is InChI=1S/C24H24F3N3O2/c1-29(20-10-3-2-4-11-20)23(31)30-15-22(28-16-30)19-9-5-7-17(13-19)18-8-6-12-21(14-18)32-24(25,26)27/h5-9,12-16,20H,2-4,10-11H2,1H3. The molecule has 0 radical (unpaired) electrons. The Morgan fingerprint density at radius 3 is 2.41 bits per heavy atom. The van der Waals surface area contributed by atoms with Crippen LogP contribution >= 0.6 is 0 Å². The van der Waals surface area contributed by atoms with Gasteiger partial charge in [-0.25, -0.2) is 9.78 Å². The summed E-state index contributed by atoms with van der Waals surface area (Å²) < 4.78 is 43.1. The molecule has 168 valence electrons. The van der Waals surface area contributed by atoms with E-state index in [2.05, 4.69) is 9.72 Å². The quantitative estimate of drug-likeness (QED) is 0.472. The topological polar surface area (TPSA) is 47.4 Å². The number of rotatable bonds is 4. The molecule has 0 saturated heterocycles. The van der Waals surface area contributed by atoms with Crippen molar-refractivity contribution in [3.05, 3.63) is 61.1 Å². The number of hydrogen-bond donors (Lipinski definition) is 0. The Morgan fingerprint density at radius 1 is 1.03 bits per heavy atom. The number of nitrogens with zero attached hydrogens (tertiary/aromatic N) is 3. The van der Waals surface area contributed by atoms with Crippen LogP contribution in [0.25, 0.3) is 22.4 Å². The van der Waals surface area contributed by atoms with Gasteiger partial charge in [0.15, 0.2) is 0 Å². The molecule has 0 N–H and O–H groups in total. The molecule has 0 atom stereocenters. The van der Waals surface area contributed by atoms with Crippen molar-refractivity contribution in [3.63, 3.8) is 0 Å². The molecule has 5 nitrogen and oxygen atoms in total. The van der Waals surface area contributed by atoms with Crippen LogP contribution in [0.1, 0.15) is 32.1 Å². The fourth-order valence-electron chi connectivity index (χ4n) is 4.11. The summed E-state index contributed by atoms with van der Waals surface area (Å²) in [7, 11) is 1.83. The first-order valence-corrected chi connectivity index (χ1v) is 10.6. The van der Waals surface area contributed by atoms with Crippen LogP contribution in [0.5, 0.6) is 5.75 Å². The number of hydrogen-bond acceptors (Lipinski definition) is 3. The number of ether oxygens (including phenoxy) is 1. The number of imidazole rings is 1. The van der Waals surface area contributed by atoms with Gasteiger partial charge in [0.25, 0.3) is 0 Å². The highest BCUT2D eigenvalue weighted by molar-refractivity contribution is 5.79. The maximum absolute atomic E-state index is 12.9. The van der Waals surface area contributed by atoms with E-state index in [-0.39, 0.29) is 17.8 Å². The third-order valence-electron chi connectivity index (χ3n) is 5.79. The molecular weight excluding hydrogens is 419 g/mol. The third-order valence-corrected chi connectivity index (χ3v) is 5.79. The van der Waals surface area contributed by atoms with Gasteiger partial charge < -0.3 is 9.64 Å². The number of halogens is 3.